The Labute approximate surface area is 122 Å². The van der Waals surface area contributed by atoms with E-state index in [1.54, 1.807) is 12.3 Å². The molecule has 0 aliphatic rings. The van der Waals surface area contributed by atoms with Crippen molar-refractivity contribution in [2.24, 2.45) is 0 Å². The first-order valence-corrected chi connectivity index (χ1v) is 7.39. The van der Waals surface area contributed by atoms with Gasteiger partial charge in [0.1, 0.15) is 5.69 Å². The molecule has 2 aromatic rings. The van der Waals surface area contributed by atoms with Gasteiger partial charge in [-0.2, -0.15) is 11.3 Å². The highest BCUT2D eigenvalue weighted by molar-refractivity contribution is 7.07. The molecule has 2 heterocycles. The van der Waals surface area contributed by atoms with E-state index in [1.165, 1.54) is 11.3 Å². The number of nitrogens with two attached hydrogens (primary N) is 1. The highest BCUT2D eigenvalue weighted by atomic mass is 32.1. The van der Waals surface area contributed by atoms with Crippen LogP contribution < -0.4 is 11.1 Å². The molecule has 5 nitrogen and oxygen atoms in total. The van der Waals surface area contributed by atoms with Crippen LogP contribution in [0.2, 0.25) is 0 Å². The molecule has 1 amide bonds. The molecule has 1 unspecified atom stereocenters. The lowest BCUT2D eigenvalue weighted by molar-refractivity contribution is 0.0906. The van der Waals surface area contributed by atoms with Gasteiger partial charge in [0.15, 0.2) is 0 Å². The number of amides is 1. The number of aliphatic hydroxyl groups excluding tert-OH is 1. The molecule has 1 atom stereocenters. The number of aromatic nitrogens is 1. The van der Waals surface area contributed by atoms with Crippen LogP contribution in [0.15, 0.2) is 29.1 Å². The number of anilines is 1. The zero-order valence-corrected chi connectivity index (χ0v) is 12.4. The highest BCUT2D eigenvalue weighted by Gasteiger charge is 2.16. The Kier molecular flexibility index (Phi) is 4.46. The van der Waals surface area contributed by atoms with Gasteiger partial charge >= 0.3 is 0 Å². The number of thiophene rings is 1. The van der Waals surface area contributed by atoms with Gasteiger partial charge < -0.3 is 20.7 Å². The lowest BCUT2D eigenvalue weighted by atomic mass is 10.2. The van der Waals surface area contributed by atoms with Crippen molar-refractivity contribution in [2.45, 2.75) is 26.0 Å². The second-order valence-corrected chi connectivity index (χ2v) is 5.72. The number of carbonyl (C=O) groups excluding carboxylic acids is 1. The van der Waals surface area contributed by atoms with Gasteiger partial charge in [0.05, 0.1) is 11.8 Å². The van der Waals surface area contributed by atoms with E-state index in [-0.39, 0.29) is 18.5 Å². The normalized spacial score (nSPS) is 12.6. The first-order chi connectivity index (χ1) is 9.49. The first kappa shape index (κ1) is 14.6. The van der Waals surface area contributed by atoms with Gasteiger partial charge in [-0.05, 0) is 42.3 Å². The Morgan fingerprint density at radius 1 is 1.55 bits per heavy atom. The van der Waals surface area contributed by atoms with Crippen LogP contribution in [0.25, 0.3) is 0 Å². The van der Waals surface area contributed by atoms with E-state index in [2.05, 4.69) is 5.32 Å². The molecule has 6 heteroatoms. The molecule has 0 spiro atoms. The van der Waals surface area contributed by atoms with Crippen molar-refractivity contribution < 1.29 is 9.90 Å². The van der Waals surface area contributed by atoms with Crippen LogP contribution in [0.1, 0.15) is 42.0 Å². The Morgan fingerprint density at radius 3 is 2.90 bits per heavy atom. The molecule has 0 aliphatic heterocycles. The second kappa shape index (κ2) is 6.11. The molecular formula is C14H19N3O2S. The van der Waals surface area contributed by atoms with Gasteiger partial charge in [-0.3, -0.25) is 4.79 Å². The molecule has 2 rings (SSSR count). The van der Waals surface area contributed by atoms with Crippen LogP contribution in [0.3, 0.4) is 0 Å². The third-order valence-corrected chi connectivity index (χ3v) is 3.74. The number of nitrogens with one attached hydrogen (secondary N) is 1. The lowest BCUT2D eigenvalue weighted by Gasteiger charge is -2.14. The molecule has 4 N–H and O–H groups in total. The van der Waals surface area contributed by atoms with Crippen molar-refractivity contribution in [1.29, 1.82) is 0 Å². The molecule has 0 saturated carbocycles. The first-order valence-electron chi connectivity index (χ1n) is 6.44. The predicted octanol–water partition coefficient (Wildman–Crippen LogP) is 2.18. The summed E-state index contributed by atoms with van der Waals surface area (Å²) in [5, 5.41) is 16.4. The summed E-state index contributed by atoms with van der Waals surface area (Å²) >= 11 is 1.51. The van der Waals surface area contributed by atoms with Crippen molar-refractivity contribution in [3.8, 4) is 0 Å². The molecule has 0 bridgehead atoms. The SMILES string of the molecule is CC(C)n1cc(N)cc1C(=O)NCC(O)c1ccsc1. The quantitative estimate of drug-likeness (QED) is 0.790. The summed E-state index contributed by atoms with van der Waals surface area (Å²) in [7, 11) is 0. The Hall–Kier alpha value is -1.79. The van der Waals surface area contributed by atoms with E-state index >= 15 is 0 Å². The average molecular weight is 293 g/mol. The van der Waals surface area contributed by atoms with Crippen LogP contribution in [-0.4, -0.2) is 22.1 Å². The number of aliphatic hydroxyl groups is 1. The zero-order chi connectivity index (χ0) is 14.7. The summed E-state index contributed by atoms with van der Waals surface area (Å²) in [5.41, 5.74) is 7.62. The number of nitrogens with zero attached hydrogens (tertiary/aromatic N) is 1. The van der Waals surface area contributed by atoms with E-state index in [0.717, 1.165) is 5.56 Å². The fourth-order valence-corrected chi connectivity index (χ4v) is 2.68. The molecule has 0 fully saturated rings. The summed E-state index contributed by atoms with van der Waals surface area (Å²) < 4.78 is 1.82. The number of rotatable bonds is 5. The number of nitrogen functional groups attached to an aromatic ring is 1. The van der Waals surface area contributed by atoms with Crippen molar-refractivity contribution in [3.05, 3.63) is 40.3 Å². The molecular weight excluding hydrogens is 274 g/mol. The van der Waals surface area contributed by atoms with Crippen molar-refractivity contribution in [3.63, 3.8) is 0 Å². The van der Waals surface area contributed by atoms with Crippen LogP contribution in [0.4, 0.5) is 5.69 Å². The third kappa shape index (κ3) is 3.20. The van der Waals surface area contributed by atoms with Crippen molar-refractivity contribution in [2.75, 3.05) is 12.3 Å². The summed E-state index contributed by atoms with van der Waals surface area (Å²) in [6.45, 7) is 4.14. The molecule has 20 heavy (non-hydrogen) atoms. The number of hydrogen-bond donors (Lipinski definition) is 3. The monoisotopic (exact) mass is 293 g/mol. The van der Waals surface area contributed by atoms with Crippen LogP contribution in [0.5, 0.6) is 0 Å². The van der Waals surface area contributed by atoms with E-state index < -0.39 is 6.10 Å². The standard InChI is InChI=1S/C14H19N3O2S/c1-9(2)17-7-11(15)5-12(17)14(19)16-6-13(18)10-3-4-20-8-10/h3-5,7-9,13,18H,6,15H2,1-2H3,(H,16,19). The average Bonchev–Trinajstić information content (AvgIpc) is 3.04. The van der Waals surface area contributed by atoms with Gasteiger partial charge in [0.25, 0.3) is 5.91 Å². The molecule has 108 valence electrons. The van der Waals surface area contributed by atoms with Crippen LogP contribution in [0, 0.1) is 0 Å². The second-order valence-electron chi connectivity index (χ2n) is 4.94. The Balaban J connectivity index is 2.02. The molecule has 0 aromatic carbocycles. The minimum Gasteiger partial charge on any atom is -0.397 e. The van der Waals surface area contributed by atoms with E-state index in [1.807, 2.05) is 35.2 Å². The maximum atomic E-state index is 12.2. The fraction of sp³-hybridized carbons (Fsp3) is 0.357. The van der Waals surface area contributed by atoms with Gasteiger partial charge in [0, 0.05) is 18.8 Å². The Bertz CT molecular complexity index is 575. The molecule has 2 aromatic heterocycles. The third-order valence-electron chi connectivity index (χ3n) is 3.04. The summed E-state index contributed by atoms with van der Waals surface area (Å²) in [6, 6.07) is 3.64. The number of hydrogen-bond acceptors (Lipinski definition) is 4. The molecule has 0 saturated heterocycles. The predicted molar refractivity (Wildman–Crippen MR) is 80.8 cm³/mol. The minimum atomic E-state index is -0.690. The summed E-state index contributed by atoms with van der Waals surface area (Å²) in [4.78, 5) is 12.2. The largest absolute Gasteiger partial charge is 0.397 e. The van der Waals surface area contributed by atoms with Crippen molar-refractivity contribution in [1.82, 2.24) is 9.88 Å². The van der Waals surface area contributed by atoms with E-state index in [0.29, 0.717) is 11.4 Å². The van der Waals surface area contributed by atoms with Gasteiger partial charge in [-0.25, -0.2) is 0 Å². The molecule has 0 aliphatic carbocycles. The van der Waals surface area contributed by atoms with Crippen LogP contribution in [-0.2, 0) is 0 Å². The maximum Gasteiger partial charge on any atom is 0.268 e. The van der Waals surface area contributed by atoms with Crippen LogP contribution >= 0.6 is 11.3 Å². The van der Waals surface area contributed by atoms with E-state index in [9.17, 15) is 9.90 Å². The number of carbonyl (C=O) groups is 1. The topological polar surface area (TPSA) is 80.3 Å². The lowest BCUT2D eigenvalue weighted by Crippen LogP contribution is -2.30. The van der Waals surface area contributed by atoms with Gasteiger partial charge in [-0.15, -0.1) is 0 Å². The minimum absolute atomic E-state index is 0.148. The fourth-order valence-electron chi connectivity index (χ4n) is 1.97. The van der Waals surface area contributed by atoms with E-state index in [4.69, 9.17) is 5.73 Å². The van der Waals surface area contributed by atoms with Crippen molar-refractivity contribution >= 4 is 22.9 Å². The summed E-state index contributed by atoms with van der Waals surface area (Å²) in [6.07, 6.45) is 1.06. The summed E-state index contributed by atoms with van der Waals surface area (Å²) in [5.74, 6) is -0.232. The van der Waals surface area contributed by atoms with Gasteiger partial charge in [-0.1, -0.05) is 0 Å². The smallest absolute Gasteiger partial charge is 0.268 e. The van der Waals surface area contributed by atoms with Gasteiger partial charge in [0.2, 0.25) is 0 Å². The molecule has 0 radical (unpaired) electrons. The maximum absolute atomic E-state index is 12.2. The Morgan fingerprint density at radius 2 is 2.30 bits per heavy atom. The zero-order valence-electron chi connectivity index (χ0n) is 11.5. The highest BCUT2D eigenvalue weighted by Crippen LogP contribution is 2.18.